The van der Waals surface area contributed by atoms with Crippen LogP contribution in [0.5, 0.6) is 0 Å². The average molecular weight is 377 g/mol. The maximum atomic E-state index is 4.64. The highest BCUT2D eigenvalue weighted by molar-refractivity contribution is 5.66. The minimum Gasteiger partial charge on any atom is -0.382 e. The quantitative estimate of drug-likeness (QED) is 0.681. The lowest BCUT2D eigenvalue weighted by molar-refractivity contribution is 0.174. The number of aromatic nitrogens is 4. The van der Waals surface area contributed by atoms with Crippen LogP contribution in [0.3, 0.4) is 0 Å². The van der Waals surface area contributed by atoms with E-state index < -0.39 is 0 Å². The van der Waals surface area contributed by atoms with Gasteiger partial charge in [-0.05, 0) is 62.7 Å². The molecule has 1 saturated heterocycles. The van der Waals surface area contributed by atoms with Crippen molar-refractivity contribution in [1.82, 2.24) is 24.7 Å². The Morgan fingerprint density at radius 1 is 1.04 bits per heavy atom. The molecule has 0 atom stereocenters. The lowest BCUT2D eigenvalue weighted by Crippen LogP contribution is -2.33. The Morgan fingerprint density at radius 2 is 1.86 bits per heavy atom. The van der Waals surface area contributed by atoms with Crippen LogP contribution < -0.4 is 5.32 Å². The zero-order valence-corrected chi connectivity index (χ0v) is 16.3. The number of nitrogens with one attached hydrogen (secondary N) is 1. The van der Waals surface area contributed by atoms with Crippen LogP contribution in [-0.2, 0) is 6.54 Å². The third kappa shape index (κ3) is 4.02. The van der Waals surface area contributed by atoms with Crippen LogP contribution in [0.2, 0.25) is 0 Å². The number of benzene rings is 1. The van der Waals surface area contributed by atoms with Gasteiger partial charge in [0.15, 0.2) is 0 Å². The van der Waals surface area contributed by atoms with Gasteiger partial charge in [-0.1, -0.05) is 30.3 Å². The maximum Gasteiger partial charge on any atom is 0.200 e. The first-order chi connectivity index (χ1) is 13.8. The first-order valence-electron chi connectivity index (χ1n) is 10.6. The molecular weight excluding hydrogens is 348 g/mol. The number of likely N-dealkylation sites (tertiary alicyclic amines) is 1. The molecule has 1 saturated carbocycles. The highest BCUT2D eigenvalue weighted by Gasteiger charge is 2.26. The van der Waals surface area contributed by atoms with Gasteiger partial charge in [0.2, 0.25) is 5.65 Å². The van der Waals surface area contributed by atoms with Crippen LogP contribution in [0.4, 0.5) is 5.69 Å². The molecule has 0 amide bonds. The average Bonchev–Trinajstić information content (AvgIpc) is 3.47. The summed E-state index contributed by atoms with van der Waals surface area (Å²) in [6, 6.07) is 13.0. The monoisotopic (exact) mass is 376 g/mol. The molecule has 3 aromatic rings. The van der Waals surface area contributed by atoms with Gasteiger partial charge in [-0.2, -0.15) is 9.61 Å². The number of anilines is 1. The topological polar surface area (TPSA) is 58.4 Å². The lowest BCUT2D eigenvalue weighted by Gasteiger charge is -2.32. The molecule has 28 heavy (non-hydrogen) atoms. The predicted molar refractivity (Wildman–Crippen MR) is 110 cm³/mol. The molecular formula is C22H28N6. The van der Waals surface area contributed by atoms with Gasteiger partial charge in [-0.15, -0.1) is 10.2 Å². The summed E-state index contributed by atoms with van der Waals surface area (Å²) in [6.45, 7) is 4.47. The van der Waals surface area contributed by atoms with Gasteiger partial charge >= 0.3 is 0 Å². The molecule has 2 aromatic heterocycles. The smallest absolute Gasteiger partial charge is 0.200 e. The number of hydrogen-bond donors (Lipinski definition) is 1. The number of nitrogens with zero attached hydrogens (tertiary/aromatic N) is 5. The van der Waals surface area contributed by atoms with E-state index in [4.69, 9.17) is 0 Å². The second-order valence-electron chi connectivity index (χ2n) is 8.28. The van der Waals surface area contributed by atoms with Crippen molar-refractivity contribution in [2.45, 2.75) is 44.6 Å². The minimum atomic E-state index is 0.626. The van der Waals surface area contributed by atoms with E-state index in [1.54, 1.807) is 6.33 Å². The summed E-state index contributed by atoms with van der Waals surface area (Å²) in [4.78, 5) is 2.59. The summed E-state index contributed by atoms with van der Waals surface area (Å²) >= 11 is 0. The first kappa shape index (κ1) is 17.6. The molecule has 0 bridgehead atoms. The lowest BCUT2D eigenvalue weighted by atomic mass is 9.93. The van der Waals surface area contributed by atoms with Gasteiger partial charge in [0, 0.05) is 19.0 Å². The summed E-state index contributed by atoms with van der Waals surface area (Å²) in [6.07, 6.45) is 8.00. The van der Waals surface area contributed by atoms with Crippen molar-refractivity contribution in [3.05, 3.63) is 54.0 Å². The van der Waals surface area contributed by atoms with E-state index >= 15 is 0 Å². The van der Waals surface area contributed by atoms with Gasteiger partial charge in [0.1, 0.15) is 6.33 Å². The van der Waals surface area contributed by atoms with Gasteiger partial charge in [-0.25, -0.2) is 0 Å². The van der Waals surface area contributed by atoms with Crippen molar-refractivity contribution in [2.75, 3.05) is 25.0 Å². The largest absolute Gasteiger partial charge is 0.382 e. The van der Waals surface area contributed by atoms with Crippen LogP contribution in [-0.4, -0.2) is 44.3 Å². The highest BCUT2D eigenvalue weighted by Crippen LogP contribution is 2.39. The van der Waals surface area contributed by atoms with Gasteiger partial charge in [0.05, 0.1) is 11.4 Å². The van der Waals surface area contributed by atoms with Crippen molar-refractivity contribution in [1.29, 1.82) is 0 Å². The second kappa shape index (κ2) is 7.87. The van der Waals surface area contributed by atoms with Crippen LogP contribution in [0, 0.1) is 5.92 Å². The predicted octanol–water partition coefficient (Wildman–Crippen LogP) is 3.72. The molecule has 6 heteroatoms. The third-order valence-corrected chi connectivity index (χ3v) is 6.11. The summed E-state index contributed by atoms with van der Waals surface area (Å²) < 4.78 is 1.82. The Kier molecular flexibility index (Phi) is 4.95. The molecule has 1 aliphatic heterocycles. The zero-order chi connectivity index (χ0) is 18.8. The Bertz CT molecular complexity index is 909. The molecule has 1 N–H and O–H groups in total. The Morgan fingerprint density at radius 3 is 2.64 bits per heavy atom. The minimum absolute atomic E-state index is 0.626. The fourth-order valence-electron chi connectivity index (χ4n) is 4.24. The van der Waals surface area contributed by atoms with E-state index in [2.05, 4.69) is 61.9 Å². The van der Waals surface area contributed by atoms with Gasteiger partial charge < -0.3 is 5.32 Å². The van der Waals surface area contributed by atoms with Crippen molar-refractivity contribution < 1.29 is 0 Å². The molecule has 2 aliphatic rings. The molecule has 1 aliphatic carbocycles. The van der Waals surface area contributed by atoms with E-state index in [1.165, 1.54) is 56.5 Å². The van der Waals surface area contributed by atoms with Crippen molar-refractivity contribution in [3.63, 3.8) is 0 Å². The van der Waals surface area contributed by atoms with E-state index in [0.29, 0.717) is 5.92 Å². The first-order valence-corrected chi connectivity index (χ1v) is 10.6. The molecule has 5 rings (SSSR count). The molecule has 6 nitrogen and oxygen atoms in total. The Hall–Kier alpha value is -2.47. The van der Waals surface area contributed by atoms with Crippen LogP contribution in [0.25, 0.3) is 5.65 Å². The van der Waals surface area contributed by atoms with Crippen molar-refractivity contribution in [3.8, 4) is 0 Å². The van der Waals surface area contributed by atoms with E-state index in [-0.39, 0.29) is 0 Å². The zero-order valence-electron chi connectivity index (χ0n) is 16.3. The van der Waals surface area contributed by atoms with Crippen LogP contribution >= 0.6 is 0 Å². The molecule has 0 radical (unpaired) electrons. The number of piperidine rings is 1. The number of rotatable bonds is 7. The van der Waals surface area contributed by atoms with Crippen molar-refractivity contribution in [2.24, 2.45) is 5.92 Å². The van der Waals surface area contributed by atoms with Crippen LogP contribution in [0.1, 0.15) is 49.3 Å². The second-order valence-corrected chi connectivity index (χ2v) is 8.28. The standard InChI is InChI=1S/C22H28N6/c1-2-4-18(5-3-1)15-27-12-9-17(10-13-27)8-11-23-21-14-20(19-6-7-19)26-28-16-24-25-22(21)28/h1-5,14,16-17,19,23H,6-13,15H2. The summed E-state index contributed by atoms with van der Waals surface area (Å²) in [5.74, 6) is 1.43. The normalized spacial score (nSPS) is 18.6. The van der Waals surface area contributed by atoms with Gasteiger partial charge in [0.25, 0.3) is 0 Å². The van der Waals surface area contributed by atoms with E-state index in [0.717, 1.165) is 30.3 Å². The SMILES string of the molecule is c1ccc(CN2CCC(CCNc3cc(C4CC4)nn4cnnc34)CC2)cc1. The maximum absolute atomic E-state index is 4.64. The Labute approximate surface area is 166 Å². The number of hydrogen-bond acceptors (Lipinski definition) is 5. The molecule has 0 unspecified atom stereocenters. The summed E-state index contributed by atoms with van der Waals surface area (Å²) in [5, 5.41) is 16.5. The molecule has 146 valence electrons. The molecule has 3 heterocycles. The van der Waals surface area contributed by atoms with E-state index in [9.17, 15) is 0 Å². The number of fused-ring (bicyclic) bond motifs is 1. The Balaban J connectivity index is 1.12. The van der Waals surface area contributed by atoms with Gasteiger partial charge in [-0.3, -0.25) is 4.90 Å². The third-order valence-electron chi connectivity index (χ3n) is 6.11. The molecule has 2 fully saturated rings. The fraction of sp³-hybridized carbons (Fsp3) is 0.500. The fourth-order valence-corrected chi connectivity index (χ4v) is 4.24. The van der Waals surface area contributed by atoms with Crippen molar-refractivity contribution >= 4 is 11.3 Å². The van der Waals surface area contributed by atoms with Crippen LogP contribution in [0.15, 0.2) is 42.7 Å². The molecule has 0 spiro atoms. The summed E-state index contributed by atoms with van der Waals surface area (Å²) in [7, 11) is 0. The highest BCUT2D eigenvalue weighted by atomic mass is 15.3. The summed E-state index contributed by atoms with van der Waals surface area (Å²) in [5.41, 5.74) is 4.51. The molecule has 1 aromatic carbocycles. The van der Waals surface area contributed by atoms with E-state index in [1.807, 2.05) is 4.52 Å².